The minimum atomic E-state index is -3.11. The van der Waals surface area contributed by atoms with Crippen LogP contribution in [0.5, 0.6) is 0 Å². The molecule has 0 unspecified atom stereocenters. The second-order valence-corrected chi connectivity index (χ2v) is 0.612. The van der Waals surface area contributed by atoms with Gasteiger partial charge < -0.3 is 9.11 Å². The molecule has 0 aromatic rings. The average molecular weight is 143 g/mol. The van der Waals surface area contributed by atoms with Gasteiger partial charge in [-0.1, -0.05) is 0 Å². The van der Waals surface area contributed by atoms with Crippen LogP contribution in [0.3, 0.4) is 0 Å². The van der Waals surface area contributed by atoms with Crippen LogP contribution in [0.15, 0.2) is 0 Å². The molecule has 6 heteroatoms. The molecule has 0 saturated heterocycles. The summed E-state index contributed by atoms with van der Waals surface area (Å²) in [6.07, 6.45) is 0. The first-order valence-electron chi connectivity index (χ1n) is 0.500. The summed E-state index contributed by atoms with van der Waals surface area (Å²) in [5.74, 6) is 0. The van der Waals surface area contributed by atoms with Gasteiger partial charge >= 0.3 is 74.4 Å². The van der Waals surface area contributed by atoms with E-state index in [9.17, 15) is 0 Å². The maximum absolute atomic E-state index is 8.44. The second kappa shape index (κ2) is 10.5. The van der Waals surface area contributed by atoms with Crippen molar-refractivity contribution < 1.29 is 64.7 Å². The van der Waals surface area contributed by atoms with Gasteiger partial charge in [0.25, 0.3) is 0 Å². The molecule has 0 aliphatic rings. The van der Waals surface area contributed by atoms with E-state index in [1.807, 2.05) is 0 Å². The Kier molecular flexibility index (Phi) is 27.5. The smallest absolute Gasteiger partial charge is 0.784 e. The molecule has 0 radical (unpaired) electrons. The van der Waals surface area contributed by atoms with Crippen molar-refractivity contribution >= 4 is 34.4 Å². The molecule has 26 valence electrons. The van der Waals surface area contributed by atoms with Gasteiger partial charge in [-0.3, -0.25) is 4.21 Å². The van der Waals surface area contributed by atoms with Crippen LogP contribution < -0.4 is 51.4 Å². The SMILES string of the molecule is O=S([O-])[O-].[K+].[Mg+2]. The van der Waals surface area contributed by atoms with Crippen LogP contribution in [0.4, 0.5) is 0 Å². The normalized spacial score (nSPS) is 5.83. The Morgan fingerprint density at radius 2 is 1.33 bits per heavy atom. The predicted molar refractivity (Wildman–Crippen MR) is 15.5 cm³/mol. The van der Waals surface area contributed by atoms with Crippen LogP contribution in [0.1, 0.15) is 0 Å². The Balaban J connectivity index is -0.0000000450. The number of rotatable bonds is 0. The molecular weight excluding hydrogens is 143 g/mol. The summed E-state index contributed by atoms with van der Waals surface area (Å²) in [5.41, 5.74) is 0. The first-order chi connectivity index (χ1) is 1.73. The van der Waals surface area contributed by atoms with Crippen LogP contribution in [0.2, 0.25) is 0 Å². The molecular formula is KMgO3S+. The second-order valence-electron chi connectivity index (χ2n) is 0.204. The molecule has 0 N–H and O–H groups in total. The monoisotopic (exact) mass is 143 g/mol. The molecule has 0 bridgehead atoms. The summed E-state index contributed by atoms with van der Waals surface area (Å²) in [7, 11) is 0. The fourth-order valence-corrected chi connectivity index (χ4v) is 0. The molecule has 0 heterocycles. The first-order valence-corrected chi connectivity index (χ1v) is 1.50. The van der Waals surface area contributed by atoms with Gasteiger partial charge in [-0.25, -0.2) is 0 Å². The maximum Gasteiger partial charge on any atom is 2.00 e. The Hall–Kier alpha value is 2.47. The van der Waals surface area contributed by atoms with E-state index in [0.29, 0.717) is 0 Å². The van der Waals surface area contributed by atoms with Crippen LogP contribution in [0, 0.1) is 0 Å². The third kappa shape index (κ3) is 31.7. The zero-order valence-corrected chi connectivity index (χ0v) is 8.69. The van der Waals surface area contributed by atoms with Crippen molar-refractivity contribution in [3.63, 3.8) is 0 Å². The fraction of sp³-hybridized carbons (Fsp3) is 0. The molecule has 0 spiro atoms. The van der Waals surface area contributed by atoms with Crippen LogP contribution in [-0.2, 0) is 11.4 Å². The van der Waals surface area contributed by atoms with Gasteiger partial charge in [0.2, 0.25) is 0 Å². The Morgan fingerprint density at radius 3 is 1.33 bits per heavy atom. The zero-order chi connectivity index (χ0) is 3.58. The molecule has 0 fully saturated rings. The minimum absolute atomic E-state index is 0. The number of hydrogen-bond acceptors (Lipinski definition) is 3. The molecule has 0 amide bonds. The van der Waals surface area contributed by atoms with E-state index in [1.54, 1.807) is 0 Å². The molecule has 0 aliphatic carbocycles. The van der Waals surface area contributed by atoms with Gasteiger partial charge in [-0.2, -0.15) is 0 Å². The topological polar surface area (TPSA) is 63.2 Å². The average Bonchev–Trinajstić information content (AvgIpc) is 0.811. The summed E-state index contributed by atoms with van der Waals surface area (Å²) in [6.45, 7) is 0. The number of hydrogen-bond donors (Lipinski definition) is 0. The van der Waals surface area contributed by atoms with Gasteiger partial charge in [0.15, 0.2) is 0 Å². The maximum atomic E-state index is 8.44. The molecule has 0 aliphatic heterocycles. The van der Waals surface area contributed by atoms with Gasteiger partial charge in [0.1, 0.15) is 0 Å². The van der Waals surface area contributed by atoms with Crippen LogP contribution >= 0.6 is 0 Å². The van der Waals surface area contributed by atoms with Gasteiger partial charge in [0, 0.05) is 0 Å². The minimum Gasteiger partial charge on any atom is -0.784 e. The van der Waals surface area contributed by atoms with E-state index in [4.69, 9.17) is 13.3 Å². The van der Waals surface area contributed by atoms with Crippen molar-refractivity contribution in [1.82, 2.24) is 0 Å². The van der Waals surface area contributed by atoms with Gasteiger partial charge in [-0.05, 0) is 0 Å². The van der Waals surface area contributed by atoms with Crippen molar-refractivity contribution in [2.75, 3.05) is 0 Å². The summed E-state index contributed by atoms with van der Waals surface area (Å²) >= 11 is -3.11. The van der Waals surface area contributed by atoms with Crippen LogP contribution in [0.25, 0.3) is 0 Å². The van der Waals surface area contributed by atoms with Crippen LogP contribution in [-0.4, -0.2) is 36.4 Å². The molecule has 0 atom stereocenters. The van der Waals surface area contributed by atoms with E-state index < -0.39 is 11.4 Å². The molecule has 0 aromatic carbocycles. The third-order valence-corrected chi connectivity index (χ3v) is 0. The van der Waals surface area contributed by atoms with Crippen molar-refractivity contribution in [3.05, 3.63) is 0 Å². The van der Waals surface area contributed by atoms with Crippen molar-refractivity contribution in [3.8, 4) is 0 Å². The van der Waals surface area contributed by atoms with Gasteiger partial charge in [0.05, 0.1) is 0 Å². The predicted octanol–water partition coefficient (Wildman–Crippen LogP) is -4.38. The standard InChI is InChI=1S/K.Mg.H2O3S/c;;1-4(2)3/h;;(H2,1,2,3)/q+1;+2;/p-2. The van der Waals surface area contributed by atoms with Crippen molar-refractivity contribution in [2.24, 2.45) is 0 Å². The quantitative estimate of drug-likeness (QED) is 0.254. The Bertz CT molecular complexity index is 33.8. The van der Waals surface area contributed by atoms with Gasteiger partial charge in [-0.15, -0.1) is 11.4 Å². The Morgan fingerprint density at radius 1 is 1.33 bits per heavy atom. The van der Waals surface area contributed by atoms with Crippen molar-refractivity contribution in [2.45, 2.75) is 0 Å². The molecule has 3 nitrogen and oxygen atoms in total. The Labute approximate surface area is 96.9 Å². The van der Waals surface area contributed by atoms with E-state index in [-0.39, 0.29) is 74.4 Å². The molecule has 0 aromatic heterocycles. The molecule has 0 rings (SSSR count). The van der Waals surface area contributed by atoms with E-state index in [1.165, 1.54) is 0 Å². The third-order valence-electron chi connectivity index (χ3n) is 0. The zero-order valence-electron chi connectivity index (χ0n) is 3.34. The summed E-state index contributed by atoms with van der Waals surface area (Å²) in [5, 5.41) is 0. The summed E-state index contributed by atoms with van der Waals surface area (Å²) in [6, 6.07) is 0. The first kappa shape index (κ1) is 15.8. The fourth-order valence-electron chi connectivity index (χ4n) is 0. The van der Waals surface area contributed by atoms with E-state index in [2.05, 4.69) is 0 Å². The van der Waals surface area contributed by atoms with Crippen molar-refractivity contribution in [1.29, 1.82) is 0 Å². The summed E-state index contributed by atoms with van der Waals surface area (Å²) in [4.78, 5) is 0. The molecule has 6 heavy (non-hydrogen) atoms. The van der Waals surface area contributed by atoms with E-state index >= 15 is 0 Å². The molecule has 0 saturated carbocycles. The summed E-state index contributed by atoms with van der Waals surface area (Å²) < 4.78 is 25.3. The largest absolute Gasteiger partial charge is 2.00 e. The van der Waals surface area contributed by atoms with E-state index in [0.717, 1.165) is 0 Å².